The fourth-order valence-corrected chi connectivity index (χ4v) is 2.61. The molecule has 0 aliphatic heterocycles. The molecule has 0 atom stereocenters. The normalized spacial score (nSPS) is 16.1. The molecule has 20 heavy (non-hydrogen) atoms. The van der Waals surface area contributed by atoms with Gasteiger partial charge in [-0.1, -0.05) is 12.8 Å². The Kier molecular flexibility index (Phi) is 6.57. The highest BCUT2D eigenvalue weighted by Crippen LogP contribution is 2.21. The van der Waals surface area contributed by atoms with Gasteiger partial charge in [-0.05, 0) is 19.8 Å². The zero-order chi connectivity index (χ0) is 13.8. The summed E-state index contributed by atoms with van der Waals surface area (Å²) in [6, 6.07) is 0.487. The van der Waals surface area contributed by atoms with Crippen molar-refractivity contribution in [3.05, 3.63) is 11.3 Å². The van der Waals surface area contributed by atoms with Crippen molar-refractivity contribution in [1.29, 1.82) is 0 Å². The van der Waals surface area contributed by atoms with E-state index in [9.17, 15) is 0 Å². The lowest BCUT2D eigenvalue weighted by atomic mass is 10.2. The Morgan fingerprint density at radius 2 is 2.15 bits per heavy atom. The Morgan fingerprint density at radius 3 is 2.75 bits per heavy atom. The molecule has 3 N–H and O–H groups in total. The summed E-state index contributed by atoms with van der Waals surface area (Å²) in [5.41, 5.74) is 7.84. The lowest BCUT2D eigenvalue weighted by molar-refractivity contribution is 0.369. The summed E-state index contributed by atoms with van der Waals surface area (Å²) in [4.78, 5) is 4.39. The van der Waals surface area contributed by atoms with Crippen molar-refractivity contribution < 1.29 is 4.74 Å². The number of rotatable bonds is 4. The molecule has 1 saturated carbocycles. The van der Waals surface area contributed by atoms with Gasteiger partial charge in [0.05, 0.1) is 24.9 Å². The van der Waals surface area contributed by atoms with E-state index in [4.69, 9.17) is 10.5 Å². The molecule has 1 heterocycles. The third-order valence-electron chi connectivity index (χ3n) is 3.60. The van der Waals surface area contributed by atoms with Gasteiger partial charge < -0.3 is 15.8 Å². The van der Waals surface area contributed by atoms with Crippen LogP contribution in [0.25, 0.3) is 0 Å². The van der Waals surface area contributed by atoms with E-state index in [1.54, 1.807) is 11.8 Å². The first-order valence-electron chi connectivity index (χ1n) is 6.74. The first kappa shape index (κ1) is 17.1. The van der Waals surface area contributed by atoms with E-state index in [0.717, 1.165) is 17.1 Å². The summed E-state index contributed by atoms with van der Waals surface area (Å²) in [5.74, 6) is 1.26. The van der Waals surface area contributed by atoms with Gasteiger partial charge in [-0.2, -0.15) is 5.10 Å². The third-order valence-corrected chi connectivity index (χ3v) is 3.60. The molecule has 1 aromatic heterocycles. The number of nitrogens with zero attached hydrogens (tertiary/aromatic N) is 3. The van der Waals surface area contributed by atoms with Crippen LogP contribution in [0.15, 0.2) is 4.99 Å². The first-order valence-corrected chi connectivity index (χ1v) is 6.74. The Balaban J connectivity index is 0.00000200. The first-order chi connectivity index (χ1) is 9.11. The molecule has 0 saturated heterocycles. The van der Waals surface area contributed by atoms with Crippen molar-refractivity contribution in [2.45, 2.75) is 45.2 Å². The number of methoxy groups -OCH3 is 1. The van der Waals surface area contributed by atoms with Crippen LogP contribution in [0.5, 0.6) is 5.88 Å². The minimum absolute atomic E-state index is 0. The van der Waals surface area contributed by atoms with E-state index in [1.165, 1.54) is 25.7 Å². The van der Waals surface area contributed by atoms with Crippen molar-refractivity contribution in [3.8, 4) is 5.88 Å². The van der Waals surface area contributed by atoms with E-state index in [-0.39, 0.29) is 24.0 Å². The molecule has 0 radical (unpaired) electrons. The van der Waals surface area contributed by atoms with Gasteiger partial charge in [-0.25, -0.2) is 9.67 Å². The minimum Gasteiger partial charge on any atom is -0.481 e. The van der Waals surface area contributed by atoms with E-state index in [0.29, 0.717) is 18.5 Å². The van der Waals surface area contributed by atoms with Crippen LogP contribution in [0.2, 0.25) is 0 Å². The molecule has 0 unspecified atom stereocenters. The maximum atomic E-state index is 5.92. The smallest absolute Gasteiger partial charge is 0.216 e. The summed E-state index contributed by atoms with van der Waals surface area (Å²) < 4.78 is 7.06. The molecular formula is C13H24IN5O. The number of ether oxygens (including phenoxy) is 1. The Hall–Kier alpha value is -0.990. The van der Waals surface area contributed by atoms with Gasteiger partial charge in [0.15, 0.2) is 5.96 Å². The van der Waals surface area contributed by atoms with Gasteiger partial charge in [0, 0.05) is 13.1 Å². The van der Waals surface area contributed by atoms with Crippen LogP contribution in [0.1, 0.15) is 36.9 Å². The standard InChI is InChI=1S/C13H23N5O.HI/c1-9-11(12(19-3)18(2)17-9)8-15-13(14)16-10-6-4-5-7-10;/h10H,4-8H2,1-3H3,(H3,14,15,16);1H. The summed E-state index contributed by atoms with van der Waals surface area (Å²) >= 11 is 0. The molecule has 1 fully saturated rings. The summed E-state index contributed by atoms with van der Waals surface area (Å²) in [7, 11) is 3.50. The number of guanidine groups is 1. The Bertz CT molecular complexity index is 466. The van der Waals surface area contributed by atoms with Gasteiger partial charge in [-0.3, -0.25) is 0 Å². The third kappa shape index (κ3) is 4.00. The number of aryl methyl sites for hydroxylation is 2. The Labute approximate surface area is 137 Å². The maximum Gasteiger partial charge on any atom is 0.216 e. The predicted octanol–water partition coefficient (Wildman–Crippen LogP) is 1.70. The number of hydrogen-bond acceptors (Lipinski definition) is 3. The number of nitrogens with two attached hydrogens (primary N) is 1. The van der Waals surface area contributed by atoms with Crippen LogP contribution in [-0.2, 0) is 13.6 Å². The van der Waals surface area contributed by atoms with Crippen molar-refractivity contribution >= 4 is 29.9 Å². The molecule has 114 valence electrons. The largest absolute Gasteiger partial charge is 0.481 e. The molecule has 2 rings (SSSR count). The summed E-state index contributed by atoms with van der Waals surface area (Å²) in [6.07, 6.45) is 4.93. The van der Waals surface area contributed by atoms with Crippen LogP contribution in [-0.4, -0.2) is 28.9 Å². The molecule has 0 amide bonds. The molecular weight excluding hydrogens is 369 g/mol. The average molecular weight is 393 g/mol. The van der Waals surface area contributed by atoms with Gasteiger partial charge in [0.2, 0.25) is 5.88 Å². The van der Waals surface area contributed by atoms with Crippen molar-refractivity contribution in [2.75, 3.05) is 7.11 Å². The number of aromatic nitrogens is 2. The van der Waals surface area contributed by atoms with Crippen LogP contribution in [0.3, 0.4) is 0 Å². The monoisotopic (exact) mass is 393 g/mol. The van der Waals surface area contributed by atoms with E-state index < -0.39 is 0 Å². The van der Waals surface area contributed by atoms with Crippen molar-refractivity contribution in [2.24, 2.45) is 17.8 Å². The minimum atomic E-state index is 0. The van der Waals surface area contributed by atoms with Gasteiger partial charge in [0.1, 0.15) is 0 Å². The van der Waals surface area contributed by atoms with Crippen molar-refractivity contribution in [1.82, 2.24) is 15.1 Å². The van der Waals surface area contributed by atoms with Crippen LogP contribution in [0.4, 0.5) is 0 Å². The predicted molar refractivity (Wildman–Crippen MR) is 90.6 cm³/mol. The van der Waals surface area contributed by atoms with Gasteiger partial charge >= 0.3 is 0 Å². The Morgan fingerprint density at radius 1 is 1.50 bits per heavy atom. The van der Waals surface area contributed by atoms with Crippen LogP contribution < -0.4 is 15.8 Å². The van der Waals surface area contributed by atoms with E-state index in [1.807, 2.05) is 14.0 Å². The molecule has 6 nitrogen and oxygen atoms in total. The second-order valence-electron chi connectivity index (χ2n) is 5.02. The zero-order valence-corrected chi connectivity index (χ0v) is 14.7. The van der Waals surface area contributed by atoms with Gasteiger partial charge in [0.25, 0.3) is 0 Å². The number of halogens is 1. The fraction of sp³-hybridized carbons (Fsp3) is 0.692. The van der Waals surface area contributed by atoms with Crippen LogP contribution in [0, 0.1) is 6.92 Å². The van der Waals surface area contributed by atoms with Crippen molar-refractivity contribution in [3.63, 3.8) is 0 Å². The highest BCUT2D eigenvalue weighted by molar-refractivity contribution is 14.0. The highest BCUT2D eigenvalue weighted by Gasteiger charge is 2.16. The molecule has 1 aromatic rings. The molecule has 1 aliphatic carbocycles. The van der Waals surface area contributed by atoms with Crippen LogP contribution >= 0.6 is 24.0 Å². The second kappa shape index (κ2) is 7.70. The lowest BCUT2D eigenvalue weighted by Crippen LogP contribution is -2.38. The molecule has 7 heteroatoms. The zero-order valence-electron chi connectivity index (χ0n) is 12.3. The summed E-state index contributed by atoms with van der Waals surface area (Å²) in [5, 5.41) is 7.60. The number of hydrogen-bond donors (Lipinski definition) is 2. The second-order valence-corrected chi connectivity index (χ2v) is 5.02. The number of aliphatic imine (C=N–C) groups is 1. The fourth-order valence-electron chi connectivity index (χ4n) is 2.61. The van der Waals surface area contributed by atoms with E-state index in [2.05, 4.69) is 15.4 Å². The highest BCUT2D eigenvalue weighted by atomic mass is 127. The maximum absolute atomic E-state index is 5.92. The lowest BCUT2D eigenvalue weighted by Gasteiger charge is -2.12. The number of nitrogens with one attached hydrogen (secondary N) is 1. The van der Waals surface area contributed by atoms with Gasteiger partial charge in [-0.15, -0.1) is 24.0 Å². The molecule has 1 aliphatic rings. The quantitative estimate of drug-likeness (QED) is 0.464. The topological polar surface area (TPSA) is 77.5 Å². The molecule has 0 spiro atoms. The van der Waals surface area contributed by atoms with E-state index >= 15 is 0 Å². The SMILES string of the molecule is COc1c(CN=C(N)NC2CCCC2)c(C)nn1C.I. The summed E-state index contributed by atoms with van der Waals surface area (Å²) in [6.45, 7) is 2.45. The molecule has 0 bridgehead atoms. The average Bonchev–Trinajstić information content (AvgIpc) is 2.94. The molecule has 0 aromatic carbocycles.